The molecule has 3 N–H and O–H groups in total. The fraction of sp³-hybridized carbons (Fsp3) is 0.739. The van der Waals surface area contributed by atoms with E-state index in [9.17, 15) is 34.5 Å². The van der Waals surface area contributed by atoms with E-state index in [0.29, 0.717) is 19.3 Å². The van der Waals surface area contributed by atoms with Gasteiger partial charge >= 0.3 is 23.9 Å². The molecule has 0 amide bonds. The van der Waals surface area contributed by atoms with Crippen LogP contribution in [-0.2, 0) is 42.9 Å². The Labute approximate surface area is 492 Å². The first-order valence-corrected chi connectivity index (χ1v) is 32.6. The molecule has 1 rings (SSSR count). The molecule has 1 fully saturated rings. The van der Waals surface area contributed by atoms with Gasteiger partial charge in [0.25, 0.3) is 0 Å². The normalized spacial score (nSPS) is 18.3. The zero-order valence-electron chi connectivity index (χ0n) is 51.3. The second kappa shape index (κ2) is 56.4. The van der Waals surface area contributed by atoms with Crippen molar-refractivity contribution in [3.8, 4) is 0 Å². The predicted octanol–water partition coefficient (Wildman–Crippen LogP) is 17.5. The third-order valence-corrected chi connectivity index (χ3v) is 14.4. The van der Waals surface area contributed by atoms with Crippen LogP contribution in [0.2, 0.25) is 0 Å². The largest absolute Gasteiger partial charge is 0.479 e. The van der Waals surface area contributed by atoms with E-state index in [1.54, 1.807) is 0 Å². The molecule has 464 valence electrons. The maximum absolute atomic E-state index is 13.2. The maximum atomic E-state index is 13.2. The summed E-state index contributed by atoms with van der Waals surface area (Å²) in [6.45, 7) is 5.84. The molecule has 0 saturated carbocycles. The maximum Gasteiger partial charge on any atom is 0.335 e. The van der Waals surface area contributed by atoms with Crippen molar-refractivity contribution >= 4 is 23.9 Å². The van der Waals surface area contributed by atoms with Crippen molar-refractivity contribution in [2.24, 2.45) is 0 Å². The highest BCUT2D eigenvalue weighted by molar-refractivity contribution is 5.74. The van der Waals surface area contributed by atoms with Crippen LogP contribution in [0.4, 0.5) is 0 Å². The number of allylic oxidation sites excluding steroid dienone is 14. The van der Waals surface area contributed by atoms with E-state index in [-0.39, 0.29) is 25.9 Å². The molecule has 12 nitrogen and oxygen atoms in total. The molecular weight excluding hydrogens is 1020 g/mol. The molecule has 1 aliphatic rings. The third-order valence-electron chi connectivity index (χ3n) is 14.4. The number of aliphatic carboxylic acids is 1. The van der Waals surface area contributed by atoms with Crippen LogP contribution >= 0.6 is 0 Å². The number of carbonyl (C=O) groups excluding carboxylic acids is 3. The topological polar surface area (TPSA) is 175 Å². The van der Waals surface area contributed by atoms with E-state index in [4.69, 9.17) is 23.7 Å². The Morgan fingerprint density at radius 2 is 0.778 bits per heavy atom. The van der Waals surface area contributed by atoms with Crippen molar-refractivity contribution in [1.29, 1.82) is 0 Å². The van der Waals surface area contributed by atoms with Crippen LogP contribution in [0.3, 0.4) is 0 Å². The van der Waals surface area contributed by atoms with Crippen molar-refractivity contribution in [3.05, 3.63) is 85.1 Å². The highest BCUT2D eigenvalue weighted by atomic mass is 16.7. The van der Waals surface area contributed by atoms with Gasteiger partial charge < -0.3 is 39.0 Å². The first kappa shape index (κ1) is 74.9. The average Bonchev–Trinajstić information content (AvgIpc) is 3.53. The summed E-state index contributed by atoms with van der Waals surface area (Å²) < 4.78 is 28.5. The van der Waals surface area contributed by atoms with Crippen molar-refractivity contribution < 1.29 is 58.2 Å². The zero-order valence-corrected chi connectivity index (χ0v) is 51.3. The number of carbonyl (C=O) groups is 4. The molecular formula is C69H116O12. The Bertz CT molecular complexity index is 1730. The fourth-order valence-electron chi connectivity index (χ4n) is 9.44. The van der Waals surface area contributed by atoms with Crippen molar-refractivity contribution in [1.82, 2.24) is 0 Å². The number of aliphatic hydroxyl groups excluding tert-OH is 2. The lowest BCUT2D eigenvalue weighted by Gasteiger charge is -2.40. The van der Waals surface area contributed by atoms with Gasteiger partial charge in [-0.1, -0.05) is 228 Å². The Morgan fingerprint density at radius 1 is 0.420 bits per heavy atom. The minimum atomic E-state index is -1.91. The lowest BCUT2D eigenvalue weighted by molar-refractivity contribution is -0.301. The molecule has 0 aliphatic carbocycles. The Kier molecular flexibility index (Phi) is 52.1. The van der Waals surface area contributed by atoms with Crippen molar-refractivity contribution in [2.75, 3.05) is 13.2 Å². The molecule has 1 saturated heterocycles. The fourth-order valence-corrected chi connectivity index (χ4v) is 9.44. The molecule has 0 radical (unpaired) electrons. The van der Waals surface area contributed by atoms with Gasteiger partial charge in [0.15, 0.2) is 24.6 Å². The monoisotopic (exact) mass is 1140 g/mol. The Morgan fingerprint density at radius 3 is 1.19 bits per heavy atom. The summed E-state index contributed by atoms with van der Waals surface area (Å²) >= 11 is 0. The molecule has 0 spiro atoms. The summed E-state index contributed by atoms with van der Waals surface area (Å²) in [7, 11) is 0. The van der Waals surface area contributed by atoms with Crippen LogP contribution in [-0.4, -0.2) is 89.2 Å². The van der Waals surface area contributed by atoms with Gasteiger partial charge in [-0.25, -0.2) is 4.79 Å². The van der Waals surface area contributed by atoms with E-state index in [2.05, 4.69) is 106 Å². The number of aliphatic hydroxyl groups is 2. The summed E-state index contributed by atoms with van der Waals surface area (Å²) in [5.74, 6) is -3.14. The molecule has 0 aromatic heterocycles. The van der Waals surface area contributed by atoms with Gasteiger partial charge in [-0.05, 0) is 116 Å². The highest BCUT2D eigenvalue weighted by Gasteiger charge is 2.50. The zero-order chi connectivity index (χ0) is 58.9. The number of hydrogen-bond acceptors (Lipinski definition) is 11. The van der Waals surface area contributed by atoms with Crippen molar-refractivity contribution in [2.45, 2.75) is 314 Å². The third kappa shape index (κ3) is 46.0. The molecule has 6 unspecified atom stereocenters. The van der Waals surface area contributed by atoms with E-state index in [1.165, 1.54) is 70.6 Å². The first-order valence-electron chi connectivity index (χ1n) is 32.6. The Balaban J connectivity index is 2.68. The van der Waals surface area contributed by atoms with Gasteiger partial charge in [0, 0.05) is 19.3 Å². The van der Waals surface area contributed by atoms with Crippen molar-refractivity contribution in [3.63, 3.8) is 0 Å². The molecule has 6 atom stereocenters. The number of hydrogen-bond donors (Lipinski definition) is 3. The summed E-state index contributed by atoms with van der Waals surface area (Å²) in [4.78, 5) is 51.3. The van der Waals surface area contributed by atoms with Crippen LogP contribution < -0.4 is 0 Å². The van der Waals surface area contributed by atoms with Crippen LogP contribution in [0.15, 0.2) is 85.1 Å². The van der Waals surface area contributed by atoms with Crippen LogP contribution in [0, 0.1) is 0 Å². The summed E-state index contributed by atoms with van der Waals surface area (Å²) in [6, 6.07) is 0. The lowest BCUT2D eigenvalue weighted by atomic mass is 9.98. The Hall–Kier alpha value is -4.10. The van der Waals surface area contributed by atoms with E-state index < -0.39 is 67.3 Å². The minimum absolute atomic E-state index is 0.0451. The molecule has 1 heterocycles. The molecule has 12 heteroatoms. The van der Waals surface area contributed by atoms with Crippen LogP contribution in [0.25, 0.3) is 0 Å². The predicted molar refractivity (Wildman–Crippen MR) is 331 cm³/mol. The average molecular weight is 1140 g/mol. The number of carboxylic acid groups (broad SMARTS) is 1. The van der Waals surface area contributed by atoms with Crippen LogP contribution in [0.5, 0.6) is 0 Å². The molecule has 0 bridgehead atoms. The van der Waals surface area contributed by atoms with E-state index >= 15 is 0 Å². The van der Waals surface area contributed by atoms with Gasteiger partial charge in [0.1, 0.15) is 18.8 Å². The standard InChI is InChI=1S/C69H116O12/c1-4-7-10-13-16-19-22-25-28-31-34-37-40-43-46-49-52-55-61(70)77-58-60(79-62(71)56-53-50-47-44-41-38-35-32-29-26-23-20-17-14-11-8-5-2)59-78-69-67(65(74)64(73)66(81-69)68(75)76)80-63(72)57-54-51-48-45-42-39-36-33-30-27-24-21-18-15-12-9-6-3/h9,12,16-21,25-30,60,64-67,69,73-74H,4-8,10-11,13-15,22-24,31-59H2,1-3H3,(H,75,76)/b12-9-,19-16-,20-17-,21-18-,28-25-,29-26-,30-27-. The first-order chi connectivity index (χ1) is 39.6. The van der Waals surface area contributed by atoms with Gasteiger partial charge in [-0.15, -0.1) is 0 Å². The van der Waals surface area contributed by atoms with Gasteiger partial charge in [0.2, 0.25) is 0 Å². The second-order valence-electron chi connectivity index (χ2n) is 22.0. The number of ether oxygens (including phenoxy) is 5. The lowest BCUT2D eigenvalue weighted by Crippen LogP contribution is -2.61. The SMILES string of the molecule is CC/C=C\C/C=C\C/C=C\CCCCCCCCCC(=O)OC1C(OCC(COC(=O)CCCCCCCCC/C=C\C/C=C\CCCCC)OC(=O)CCCCCCCCC/C=C\C/C=C\CCCCC)OC(C(=O)O)C(O)C1O. The van der Waals surface area contributed by atoms with E-state index in [0.717, 1.165) is 148 Å². The highest BCUT2D eigenvalue weighted by Crippen LogP contribution is 2.27. The van der Waals surface area contributed by atoms with Gasteiger partial charge in [-0.3, -0.25) is 14.4 Å². The summed E-state index contributed by atoms with van der Waals surface area (Å²) in [6.07, 6.45) is 61.0. The summed E-state index contributed by atoms with van der Waals surface area (Å²) in [5, 5.41) is 31.6. The van der Waals surface area contributed by atoms with E-state index in [1.807, 2.05) is 0 Å². The number of esters is 3. The molecule has 81 heavy (non-hydrogen) atoms. The molecule has 0 aromatic rings. The quantitative estimate of drug-likeness (QED) is 0.0228. The number of unbranched alkanes of at least 4 members (excludes halogenated alkanes) is 27. The number of carboxylic acids is 1. The smallest absolute Gasteiger partial charge is 0.335 e. The molecule has 0 aromatic carbocycles. The second-order valence-corrected chi connectivity index (χ2v) is 22.0. The van der Waals surface area contributed by atoms with Gasteiger partial charge in [-0.2, -0.15) is 0 Å². The summed E-state index contributed by atoms with van der Waals surface area (Å²) in [5.41, 5.74) is 0. The number of rotatable bonds is 55. The van der Waals surface area contributed by atoms with Gasteiger partial charge in [0.05, 0.1) is 6.61 Å². The molecule has 1 aliphatic heterocycles. The minimum Gasteiger partial charge on any atom is -0.479 e. The van der Waals surface area contributed by atoms with Crippen LogP contribution in [0.1, 0.15) is 278 Å².